The molecule has 0 unspecified atom stereocenters. The summed E-state index contributed by atoms with van der Waals surface area (Å²) in [5.41, 5.74) is 5.18. The normalized spacial score (nSPS) is 11.0. The fraction of sp³-hybridized carbons (Fsp3) is 0.190. The van der Waals surface area contributed by atoms with E-state index in [1.807, 2.05) is 31.4 Å². The van der Waals surface area contributed by atoms with Gasteiger partial charge < -0.3 is 5.11 Å². The van der Waals surface area contributed by atoms with Crippen LogP contribution in [0.4, 0.5) is 0 Å². The third-order valence-electron chi connectivity index (χ3n) is 4.34. The summed E-state index contributed by atoms with van der Waals surface area (Å²) in [7, 11) is 0. The zero-order valence-electron chi connectivity index (χ0n) is 14.4. The number of rotatable bonds is 6. The largest absolute Gasteiger partial charge is 0.481 e. The van der Waals surface area contributed by atoms with Crippen molar-refractivity contribution in [3.05, 3.63) is 71.3 Å². The van der Waals surface area contributed by atoms with Crippen molar-refractivity contribution in [2.75, 3.05) is 6.26 Å². The first-order valence-corrected chi connectivity index (χ1v) is 9.41. The molecule has 0 aliphatic heterocycles. The SMILES string of the molecule is CSNCc1cccc(-c2c(CC(=O)O)c(C)cc3ccccc23)c1. The molecule has 0 saturated heterocycles. The molecule has 0 aromatic heterocycles. The predicted molar refractivity (Wildman–Crippen MR) is 106 cm³/mol. The highest BCUT2D eigenvalue weighted by Crippen LogP contribution is 2.35. The van der Waals surface area contributed by atoms with E-state index in [-0.39, 0.29) is 6.42 Å². The zero-order chi connectivity index (χ0) is 17.8. The summed E-state index contributed by atoms with van der Waals surface area (Å²) in [6.45, 7) is 2.76. The number of aliphatic carboxylic acids is 1. The minimum Gasteiger partial charge on any atom is -0.481 e. The van der Waals surface area contributed by atoms with Gasteiger partial charge in [0.1, 0.15) is 0 Å². The minimum absolute atomic E-state index is 0.0271. The lowest BCUT2D eigenvalue weighted by molar-refractivity contribution is -0.136. The van der Waals surface area contributed by atoms with Crippen LogP contribution in [0.15, 0.2) is 54.6 Å². The molecule has 0 aliphatic rings. The first-order chi connectivity index (χ1) is 12.1. The maximum Gasteiger partial charge on any atom is 0.307 e. The van der Waals surface area contributed by atoms with Gasteiger partial charge in [0.05, 0.1) is 6.42 Å². The van der Waals surface area contributed by atoms with Gasteiger partial charge in [-0.2, -0.15) is 0 Å². The molecule has 128 valence electrons. The molecule has 3 aromatic rings. The van der Waals surface area contributed by atoms with E-state index in [1.165, 1.54) is 5.56 Å². The van der Waals surface area contributed by atoms with Crippen LogP contribution in [-0.2, 0) is 17.8 Å². The molecular weight excluding hydrogens is 330 g/mol. The predicted octanol–water partition coefficient (Wildman–Crippen LogP) is 4.81. The number of benzene rings is 3. The fourth-order valence-electron chi connectivity index (χ4n) is 3.23. The molecule has 0 aliphatic carbocycles. The van der Waals surface area contributed by atoms with E-state index in [2.05, 4.69) is 41.1 Å². The summed E-state index contributed by atoms with van der Waals surface area (Å²) in [5, 5.41) is 11.6. The van der Waals surface area contributed by atoms with Crippen molar-refractivity contribution in [1.29, 1.82) is 0 Å². The van der Waals surface area contributed by atoms with Gasteiger partial charge in [0.25, 0.3) is 0 Å². The van der Waals surface area contributed by atoms with Crippen LogP contribution in [0, 0.1) is 6.92 Å². The lowest BCUT2D eigenvalue weighted by Crippen LogP contribution is -2.05. The Morgan fingerprint density at radius 2 is 1.92 bits per heavy atom. The van der Waals surface area contributed by atoms with Crippen LogP contribution in [0.3, 0.4) is 0 Å². The first-order valence-electron chi connectivity index (χ1n) is 8.18. The molecular formula is C21H21NO2S. The molecule has 0 heterocycles. The van der Waals surface area contributed by atoms with E-state index in [9.17, 15) is 9.90 Å². The smallest absolute Gasteiger partial charge is 0.307 e. The van der Waals surface area contributed by atoms with Gasteiger partial charge in [0, 0.05) is 6.54 Å². The van der Waals surface area contributed by atoms with Crippen molar-refractivity contribution >= 4 is 28.7 Å². The van der Waals surface area contributed by atoms with Crippen molar-refractivity contribution in [2.24, 2.45) is 0 Å². The Labute approximate surface area is 152 Å². The van der Waals surface area contributed by atoms with Gasteiger partial charge in [0.15, 0.2) is 0 Å². The zero-order valence-corrected chi connectivity index (χ0v) is 15.2. The van der Waals surface area contributed by atoms with Crippen LogP contribution in [0.5, 0.6) is 0 Å². The highest BCUT2D eigenvalue weighted by atomic mass is 32.2. The molecule has 0 atom stereocenters. The summed E-state index contributed by atoms with van der Waals surface area (Å²) in [6, 6.07) is 18.6. The minimum atomic E-state index is -0.806. The van der Waals surface area contributed by atoms with E-state index in [0.29, 0.717) is 0 Å². The third-order valence-corrected chi connectivity index (χ3v) is 4.78. The second-order valence-electron chi connectivity index (χ2n) is 6.06. The average Bonchev–Trinajstić information content (AvgIpc) is 2.60. The number of carboxylic acid groups (broad SMARTS) is 1. The summed E-state index contributed by atoms with van der Waals surface area (Å²) < 4.78 is 3.26. The Morgan fingerprint density at radius 1 is 1.12 bits per heavy atom. The fourth-order valence-corrected chi connectivity index (χ4v) is 3.54. The first kappa shape index (κ1) is 17.5. The number of nitrogens with one attached hydrogen (secondary N) is 1. The van der Waals surface area contributed by atoms with Crippen LogP contribution in [0.2, 0.25) is 0 Å². The highest BCUT2D eigenvalue weighted by molar-refractivity contribution is 7.96. The molecule has 0 amide bonds. The molecule has 0 fully saturated rings. The highest BCUT2D eigenvalue weighted by Gasteiger charge is 2.15. The summed E-state index contributed by atoms with van der Waals surface area (Å²) in [5.74, 6) is -0.806. The van der Waals surface area contributed by atoms with Crippen molar-refractivity contribution in [3.63, 3.8) is 0 Å². The van der Waals surface area contributed by atoms with Crippen molar-refractivity contribution in [2.45, 2.75) is 19.9 Å². The second kappa shape index (κ2) is 7.72. The molecule has 0 radical (unpaired) electrons. The lowest BCUT2D eigenvalue weighted by atomic mass is 9.88. The van der Waals surface area contributed by atoms with E-state index >= 15 is 0 Å². The van der Waals surface area contributed by atoms with Crippen LogP contribution in [0.1, 0.15) is 16.7 Å². The number of fused-ring (bicyclic) bond motifs is 1. The number of aryl methyl sites for hydroxylation is 1. The molecule has 0 bridgehead atoms. The Balaban J connectivity index is 2.24. The van der Waals surface area contributed by atoms with Crippen molar-refractivity contribution < 1.29 is 9.90 Å². The Hall–Kier alpha value is -2.30. The molecule has 2 N–H and O–H groups in total. The van der Waals surface area contributed by atoms with E-state index < -0.39 is 5.97 Å². The Kier molecular flexibility index (Phi) is 5.41. The van der Waals surface area contributed by atoms with Gasteiger partial charge in [-0.1, -0.05) is 60.5 Å². The van der Waals surface area contributed by atoms with Gasteiger partial charge in [-0.25, -0.2) is 0 Å². The van der Waals surface area contributed by atoms with Gasteiger partial charge in [0.2, 0.25) is 0 Å². The lowest BCUT2D eigenvalue weighted by Gasteiger charge is -2.16. The molecule has 0 saturated carbocycles. The van der Waals surface area contributed by atoms with Crippen molar-refractivity contribution in [3.8, 4) is 11.1 Å². The van der Waals surface area contributed by atoms with E-state index in [1.54, 1.807) is 11.9 Å². The van der Waals surface area contributed by atoms with E-state index in [4.69, 9.17) is 0 Å². The Bertz CT molecular complexity index is 921. The summed E-state index contributed by atoms with van der Waals surface area (Å²) in [4.78, 5) is 11.4. The number of carbonyl (C=O) groups is 1. The van der Waals surface area contributed by atoms with Gasteiger partial charge in [-0.15, -0.1) is 0 Å². The summed E-state index contributed by atoms with van der Waals surface area (Å²) in [6.07, 6.45) is 2.03. The van der Waals surface area contributed by atoms with Crippen LogP contribution in [-0.4, -0.2) is 17.3 Å². The van der Waals surface area contributed by atoms with Crippen molar-refractivity contribution in [1.82, 2.24) is 4.72 Å². The molecule has 0 spiro atoms. The molecule has 3 nitrogen and oxygen atoms in total. The second-order valence-corrected chi connectivity index (χ2v) is 6.76. The number of hydrogen-bond donors (Lipinski definition) is 2. The molecule has 4 heteroatoms. The molecule has 3 aromatic carbocycles. The summed E-state index contributed by atoms with van der Waals surface area (Å²) >= 11 is 1.59. The standard InChI is InChI=1S/C21H21NO2S/c1-14-10-16-7-3-4-9-18(16)21(19(14)12-20(23)24)17-8-5-6-15(11-17)13-22-25-2/h3-11,22H,12-13H2,1-2H3,(H,23,24). The Morgan fingerprint density at radius 3 is 2.68 bits per heavy atom. The quantitative estimate of drug-likeness (QED) is 0.626. The van der Waals surface area contributed by atoms with E-state index in [0.717, 1.165) is 39.6 Å². The third kappa shape index (κ3) is 3.86. The molecule has 3 rings (SSSR count). The average molecular weight is 351 g/mol. The van der Waals surface area contributed by atoms with Gasteiger partial charge in [-0.05, 0) is 57.8 Å². The van der Waals surface area contributed by atoms with Gasteiger partial charge in [-0.3, -0.25) is 9.52 Å². The number of hydrogen-bond acceptors (Lipinski definition) is 3. The number of carboxylic acids is 1. The van der Waals surface area contributed by atoms with Crippen LogP contribution in [0.25, 0.3) is 21.9 Å². The van der Waals surface area contributed by atoms with Gasteiger partial charge >= 0.3 is 5.97 Å². The topological polar surface area (TPSA) is 49.3 Å². The maximum atomic E-state index is 11.4. The monoisotopic (exact) mass is 351 g/mol. The maximum absolute atomic E-state index is 11.4. The van der Waals surface area contributed by atoms with Crippen LogP contribution >= 0.6 is 11.9 Å². The molecule has 25 heavy (non-hydrogen) atoms. The van der Waals surface area contributed by atoms with Crippen LogP contribution < -0.4 is 4.72 Å².